The lowest BCUT2D eigenvalue weighted by molar-refractivity contribution is -0.124. The van der Waals surface area contributed by atoms with Crippen molar-refractivity contribution in [1.29, 1.82) is 0 Å². The molecule has 2 N–H and O–H groups in total. The van der Waals surface area contributed by atoms with Crippen LogP contribution in [0.2, 0.25) is 0 Å². The fourth-order valence-corrected chi connectivity index (χ4v) is 1.91. The summed E-state index contributed by atoms with van der Waals surface area (Å²) in [5, 5.41) is 6.54. The Bertz CT molecular complexity index is 440. The van der Waals surface area contributed by atoms with Crippen molar-refractivity contribution in [3.8, 4) is 0 Å². The third kappa shape index (κ3) is 4.34. The molecule has 0 heterocycles. The molecule has 112 valence electrons. The highest BCUT2D eigenvalue weighted by atomic mass is 16.2. The highest BCUT2D eigenvalue weighted by molar-refractivity contribution is 5.95. The summed E-state index contributed by atoms with van der Waals surface area (Å²) in [6, 6.07) is 8.26. The topological polar surface area (TPSA) is 41.1 Å². The van der Waals surface area contributed by atoms with Crippen LogP contribution in [0.3, 0.4) is 0 Å². The van der Waals surface area contributed by atoms with E-state index in [9.17, 15) is 4.79 Å². The molecule has 1 aromatic rings. The summed E-state index contributed by atoms with van der Waals surface area (Å²) in [5.41, 5.74) is 1.71. The maximum Gasteiger partial charge on any atom is 0.230 e. The fourth-order valence-electron chi connectivity index (χ4n) is 1.91. The van der Waals surface area contributed by atoms with Gasteiger partial charge in [0.15, 0.2) is 0 Å². The number of benzene rings is 1. The van der Waals surface area contributed by atoms with Gasteiger partial charge in [-0.05, 0) is 37.9 Å². The predicted octanol–water partition coefficient (Wildman–Crippen LogP) is 4.12. The molecule has 1 aromatic carbocycles. The number of hydrogen-bond acceptors (Lipinski definition) is 2. The van der Waals surface area contributed by atoms with E-state index in [2.05, 4.69) is 30.5 Å². The van der Waals surface area contributed by atoms with Gasteiger partial charge in [0, 0.05) is 17.1 Å². The molecule has 1 atom stereocenters. The predicted molar refractivity (Wildman–Crippen MR) is 85.9 cm³/mol. The molecule has 1 amide bonds. The van der Waals surface area contributed by atoms with Crippen LogP contribution in [-0.4, -0.2) is 12.5 Å². The highest BCUT2D eigenvalue weighted by Gasteiger charge is 2.26. The number of carbonyl (C=O) groups is 1. The molecular formula is C17H28N2O. The van der Waals surface area contributed by atoms with E-state index in [1.807, 2.05) is 39.0 Å². The summed E-state index contributed by atoms with van der Waals surface area (Å²) in [4.78, 5) is 12.3. The van der Waals surface area contributed by atoms with E-state index in [0.29, 0.717) is 0 Å². The second-order valence-electron chi connectivity index (χ2n) is 5.95. The van der Waals surface area contributed by atoms with Crippen LogP contribution in [0.15, 0.2) is 24.3 Å². The van der Waals surface area contributed by atoms with Gasteiger partial charge in [0.25, 0.3) is 0 Å². The first-order valence-corrected chi connectivity index (χ1v) is 7.56. The number of nitrogens with one attached hydrogen (secondary N) is 2. The molecule has 0 saturated carbocycles. The summed E-state index contributed by atoms with van der Waals surface area (Å²) in [6.07, 6.45) is 1.92. The lowest BCUT2D eigenvalue weighted by Gasteiger charge is -2.24. The van der Waals surface area contributed by atoms with Crippen molar-refractivity contribution in [3.63, 3.8) is 0 Å². The van der Waals surface area contributed by atoms with Crippen LogP contribution in [0.25, 0.3) is 0 Å². The van der Waals surface area contributed by atoms with Crippen LogP contribution in [0, 0.1) is 5.41 Å². The van der Waals surface area contributed by atoms with E-state index >= 15 is 0 Å². The van der Waals surface area contributed by atoms with Crippen LogP contribution in [0.1, 0.15) is 59.1 Å². The Balaban J connectivity index is 2.88. The molecule has 1 rings (SSSR count). The summed E-state index contributed by atoms with van der Waals surface area (Å²) >= 11 is 0. The SMILES string of the molecule is CCCNC(C)c1ccccc1NC(=O)C(C)(C)CC. The highest BCUT2D eigenvalue weighted by Crippen LogP contribution is 2.26. The molecule has 3 heteroatoms. The van der Waals surface area contributed by atoms with E-state index in [0.717, 1.165) is 30.6 Å². The van der Waals surface area contributed by atoms with Gasteiger partial charge in [0.05, 0.1) is 0 Å². The zero-order chi connectivity index (χ0) is 15.2. The van der Waals surface area contributed by atoms with Crippen molar-refractivity contribution >= 4 is 11.6 Å². The Morgan fingerprint density at radius 3 is 2.50 bits per heavy atom. The molecule has 0 bridgehead atoms. The number of carbonyl (C=O) groups excluding carboxylic acids is 1. The van der Waals surface area contributed by atoms with E-state index < -0.39 is 0 Å². The van der Waals surface area contributed by atoms with E-state index in [4.69, 9.17) is 0 Å². The van der Waals surface area contributed by atoms with Crippen molar-refractivity contribution < 1.29 is 4.79 Å². The monoisotopic (exact) mass is 276 g/mol. The Kier molecular flexibility index (Phi) is 6.21. The zero-order valence-electron chi connectivity index (χ0n) is 13.4. The quantitative estimate of drug-likeness (QED) is 0.786. The van der Waals surface area contributed by atoms with Crippen molar-refractivity contribution in [2.75, 3.05) is 11.9 Å². The van der Waals surface area contributed by atoms with Crippen molar-refractivity contribution in [2.45, 2.75) is 53.5 Å². The molecular weight excluding hydrogens is 248 g/mol. The molecule has 0 fully saturated rings. The summed E-state index contributed by atoms with van der Waals surface area (Å²) in [6.45, 7) is 11.2. The average molecular weight is 276 g/mol. The van der Waals surface area contributed by atoms with Crippen LogP contribution < -0.4 is 10.6 Å². The number of hydrogen-bond donors (Lipinski definition) is 2. The van der Waals surface area contributed by atoms with Crippen LogP contribution in [0.4, 0.5) is 5.69 Å². The van der Waals surface area contributed by atoms with Gasteiger partial charge in [-0.3, -0.25) is 4.79 Å². The zero-order valence-corrected chi connectivity index (χ0v) is 13.4. The molecule has 0 aliphatic carbocycles. The smallest absolute Gasteiger partial charge is 0.230 e. The largest absolute Gasteiger partial charge is 0.325 e. The minimum atomic E-state index is -0.340. The molecule has 20 heavy (non-hydrogen) atoms. The van der Waals surface area contributed by atoms with Crippen molar-refractivity contribution in [2.24, 2.45) is 5.41 Å². The Labute approximate surface area is 123 Å². The molecule has 0 aromatic heterocycles. The molecule has 0 spiro atoms. The first kappa shape index (κ1) is 16.7. The van der Waals surface area contributed by atoms with Gasteiger partial charge in [-0.2, -0.15) is 0 Å². The summed E-state index contributed by atoms with van der Waals surface area (Å²) in [5.74, 6) is 0.0788. The van der Waals surface area contributed by atoms with Crippen molar-refractivity contribution in [1.82, 2.24) is 5.32 Å². The maximum atomic E-state index is 12.3. The maximum absolute atomic E-state index is 12.3. The Morgan fingerprint density at radius 2 is 1.90 bits per heavy atom. The second-order valence-corrected chi connectivity index (χ2v) is 5.95. The molecule has 0 aliphatic rings. The minimum Gasteiger partial charge on any atom is -0.325 e. The summed E-state index contributed by atoms with van der Waals surface area (Å²) < 4.78 is 0. The average Bonchev–Trinajstić information content (AvgIpc) is 2.45. The first-order valence-electron chi connectivity index (χ1n) is 7.56. The molecule has 1 unspecified atom stereocenters. The van der Waals surface area contributed by atoms with Gasteiger partial charge in [-0.15, -0.1) is 0 Å². The van der Waals surface area contributed by atoms with Gasteiger partial charge >= 0.3 is 0 Å². The minimum absolute atomic E-state index is 0.0788. The summed E-state index contributed by atoms with van der Waals surface area (Å²) in [7, 11) is 0. The number of para-hydroxylation sites is 1. The van der Waals surface area contributed by atoms with E-state index in [1.54, 1.807) is 0 Å². The van der Waals surface area contributed by atoms with Gasteiger partial charge in [0.1, 0.15) is 0 Å². The number of anilines is 1. The Hall–Kier alpha value is -1.35. The first-order chi connectivity index (χ1) is 9.42. The van der Waals surface area contributed by atoms with Gasteiger partial charge < -0.3 is 10.6 Å². The second kappa shape index (κ2) is 7.44. The molecule has 0 aliphatic heterocycles. The molecule has 0 saturated heterocycles. The van der Waals surface area contributed by atoms with Crippen LogP contribution >= 0.6 is 0 Å². The normalized spacial score (nSPS) is 13.1. The van der Waals surface area contributed by atoms with Crippen LogP contribution in [0.5, 0.6) is 0 Å². The Morgan fingerprint density at radius 1 is 1.25 bits per heavy atom. The number of rotatable bonds is 7. The van der Waals surface area contributed by atoms with Gasteiger partial charge in [0.2, 0.25) is 5.91 Å². The third-order valence-corrected chi connectivity index (χ3v) is 3.87. The lowest BCUT2D eigenvalue weighted by atomic mass is 9.89. The van der Waals surface area contributed by atoms with E-state index in [1.165, 1.54) is 0 Å². The van der Waals surface area contributed by atoms with E-state index in [-0.39, 0.29) is 17.4 Å². The lowest BCUT2D eigenvalue weighted by Crippen LogP contribution is -2.31. The molecule has 3 nitrogen and oxygen atoms in total. The number of amides is 1. The third-order valence-electron chi connectivity index (χ3n) is 3.87. The standard InChI is InChI=1S/C17H28N2O/c1-6-12-18-13(3)14-10-8-9-11-15(14)19-16(20)17(4,5)7-2/h8-11,13,18H,6-7,12H2,1-5H3,(H,19,20). The van der Waals surface area contributed by atoms with Gasteiger partial charge in [-0.25, -0.2) is 0 Å². The van der Waals surface area contributed by atoms with Gasteiger partial charge in [-0.1, -0.05) is 45.9 Å². The fraction of sp³-hybridized carbons (Fsp3) is 0.588. The van der Waals surface area contributed by atoms with Crippen molar-refractivity contribution in [3.05, 3.63) is 29.8 Å². The molecule has 0 radical (unpaired) electrons. The van der Waals surface area contributed by atoms with Crippen LogP contribution in [-0.2, 0) is 4.79 Å².